The number of hydrogen-bond acceptors (Lipinski definition) is 3. The Morgan fingerprint density at radius 2 is 2.16 bits per heavy atom. The molecular formula is C15H20O4. The Labute approximate surface area is 112 Å². The predicted molar refractivity (Wildman–Crippen MR) is 70.5 cm³/mol. The number of aliphatic hydroxyl groups excluding tert-OH is 1. The summed E-state index contributed by atoms with van der Waals surface area (Å²) in [7, 11) is 0. The molecule has 2 aliphatic carbocycles. The van der Waals surface area contributed by atoms with Crippen molar-refractivity contribution in [2.75, 3.05) is 0 Å². The van der Waals surface area contributed by atoms with Gasteiger partial charge in [-0.1, -0.05) is 26.0 Å². The molecule has 0 saturated heterocycles. The number of hydrogen-bond donors (Lipinski definition) is 2. The summed E-state index contributed by atoms with van der Waals surface area (Å²) in [5, 5.41) is 19.0. The van der Waals surface area contributed by atoms with Crippen molar-refractivity contribution >= 4 is 11.8 Å². The van der Waals surface area contributed by atoms with E-state index in [1.54, 1.807) is 19.9 Å². The highest BCUT2D eigenvalue weighted by atomic mass is 16.4. The molecule has 0 radical (unpaired) electrons. The van der Waals surface area contributed by atoms with Crippen molar-refractivity contribution in [2.45, 2.75) is 39.7 Å². The molecule has 2 N–H and O–H groups in total. The molecule has 0 heterocycles. The minimum absolute atomic E-state index is 0.107. The van der Waals surface area contributed by atoms with Gasteiger partial charge < -0.3 is 10.2 Å². The fourth-order valence-electron chi connectivity index (χ4n) is 3.23. The fraction of sp³-hybridized carbons (Fsp3) is 0.600. The fourth-order valence-corrected chi connectivity index (χ4v) is 3.23. The van der Waals surface area contributed by atoms with E-state index in [1.807, 2.05) is 13.0 Å². The number of fused-ring (bicyclic) bond motifs is 1. The zero-order chi connectivity index (χ0) is 14.4. The molecule has 0 spiro atoms. The van der Waals surface area contributed by atoms with Gasteiger partial charge in [-0.25, -0.2) is 0 Å². The van der Waals surface area contributed by atoms with Crippen LogP contribution in [0.1, 0.15) is 33.6 Å². The third kappa shape index (κ3) is 2.14. The summed E-state index contributed by atoms with van der Waals surface area (Å²) >= 11 is 0. The van der Waals surface area contributed by atoms with Gasteiger partial charge >= 0.3 is 5.97 Å². The van der Waals surface area contributed by atoms with Crippen molar-refractivity contribution in [3.63, 3.8) is 0 Å². The predicted octanol–water partition coefficient (Wildman–Crippen LogP) is 1.94. The molecule has 2 rings (SSSR count). The zero-order valence-electron chi connectivity index (χ0n) is 11.5. The largest absolute Gasteiger partial charge is 0.481 e. The second-order valence-corrected chi connectivity index (χ2v) is 5.92. The van der Waals surface area contributed by atoms with Gasteiger partial charge in [0.05, 0.1) is 12.0 Å². The van der Waals surface area contributed by atoms with Gasteiger partial charge in [0.1, 0.15) is 0 Å². The molecule has 4 nitrogen and oxygen atoms in total. The van der Waals surface area contributed by atoms with Gasteiger partial charge in [0.15, 0.2) is 5.78 Å². The Morgan fingerprint density at radius 3 is 2.74 bits per heavy atom. The van der Waals surface area contributed by atoms with Gasteiger partial charge in [-0.15, -0.1) is 0 Å². The highest BCUT2D eigenvalue weighted by Gasteiger charge is 2.45. The molecule has 1 saturated carbocycles. The summed E-state index contributed by atoms with van der Waals surface area (Å²) in [5.41, 5.74) is 0.930. The van der Waals surface area contributed by atoms with Crippen LogP contribution in [-0.2, 0) is 9.59 Å². The number of carboxylic acid groups (broad SMARTS) is 1. The number of allylic oxidation sites excluding steroid dienone is 2. The van der Waals surface area contributed by atoms with Crippen molar-refractivity contribution in [1.82, 2.24) is 0 Å². The zero-order valence-corrected chi connectivity index (χ0v) is 11.5. The third-order valence-corrected chi connectivity index (χ3v) is 4.61. The number of aliphatic hydroxyl groups is 1. The van der Waals surface area contributed by atoms with Crippen molar-refractivity contribution < 1.29 is 19.8 Å². The second kappa shape index (κ2) is 4.60. The lowest BCUT2D eigenvalue weighted by molar-refractivity contribution is -0.146. The normalized spacial score (nSPS) is 36.1. The monoisotopic (exact) mass is 264 g/mol. The van der Waals surface area contributed by atoms with E-state index in [0.717, 1.165) is 6.42 Å². The maximum absolute atomic E-state index is 12.6. The standard InChI is InChI=1S/C15H20O4/c1-8(14(18)19)10-4-6-15(3)7-5-11(16)9(2)12(15)13(10)17/h5,7-8,10-11,16H,4,6H2,1-3H3,(H,18,19)/t8?,10?,11-,15+/m1/s1. The van der Waals surface area contributed by atoms with Crippen LogP contribution < -0.4 is 0 Å². The summed E-state index contributed by atoms with van der Waals surface area (Å²) in [6, 6.07) is 0. The number of ketones is 1. The van der Waals surface area contributed by atoms with E-state index >= 15 is 0 Å². The van der Waals surface area contributed by atoms with Crippen molar-refractivity contribution in [1.29, 1.82) is 0 Å². The van der Waals surface area contributed by atoms with E-state index in [4.69, 9.17) is 5.11 Å². The topological polar surface area (TPSA) is 74.6 Å². The lowest BCUT2D eigenvalue weighted by Crippen LogP contribution is -2.41. The van der Waals surface area contributed by atoms with Gasteiger partial charge in [-0.2, -0.15) is 0 Å². The number of carbonyl (C=O) groups excluding carboxylic acids is 1. The minimum Gasteiger partial charge on any atom is -0.481 e. The smallest absolute Gasteiger partial charge is 0.306 e. The van der Waals surface area contributed by atoms with Crippen molar-refractivity contribution in [3.8, 4) is 0 Å². The first-order valence-electron chi connectivity index (χ1n) is 6.63. The van der Waals surface area contributed by atoms with Gasteiger partial charge in [0.25, 0.3) is 0 Å². The van der Waals surface area contributed by atoms with Gasteiger partial charge in [0.2, 0.25) is 0 Å². The molecule has 0 aliphatic heterocycles. The molecule has 19 heavy (non-hydrogen) atoms. The Balaban J connectivity index is 2.41. The Kier molecular flexibility index (Phi) is 3.39. The van der Waals surface area contributed by atoms with Gasteiger partial charge in [-0.3, -0.25) is 9.59 Å². The van der Waals surface area contributed by atoms with E-state index in [1.165, 1.54) is 0 Å². The molecule has 4 atom stereocenters. The maximum Gasteiger partial charge on any atom is 0.306 e. The SMILES string of the molecule is CC1=C2C(=O)C(C(C)C(=O)O)CC[C@@]2(C)C=C[C@H]1O. The molecule has 4 heteroatoms. The Hall–Kier alpha value is -1.42. The Morgan fingerprint density at radius 1 is 1.53 bits per heavy atom. The van der Waals surface area contributed by atoms with Crippen LogP contribution in [0.25, 0.3) is 0 Å². The van der Waals surface area contributed by atoms with Gasteiger partial charge in [-0.05, 0) is 25.3 Å². The van der Waals surface area contributed by atoms with Gasteiger partial charge in [0, 0.05) is 16.9 Å². The molecule has 2 aliphatic rings. The average Bonchev–Trinajstić information content (AvgIpc) is 2.34. The van der Waals surface area contributed by atoms with Crippen LogP contribution >= 0.6 is 0 Å². The van der Waals surface area contributed by atoms with E-state index in [-0.39, 0.29) is 11.2 Å². The summed E-state index contributed by atoms with van der Waals surface area (Å²) in [6.45, 7) is 5.32. The lowest BCUT2D eigenvalue weighted by Gasteiger charge is -2.41. The number of carboxylic acids is 1. The molecular weight excluding hydrogens is 244 g/mol. The molecule has 1 fully saturated rings. The Bertz CT molecular complexity index is 488. The second-order valence-electron chi connectivity index (χ2n) is 5.92. The maximum atomic E-state index is 12.6. The minimum atomic E-state index is -0.938. The first kappa shape index (κ1) is 14.0. The molecule has 104 valence electrons. The average molecular weight is 264 g/mol. The first-order valence-corrected chi connectivity index (χ1v) is 6.63. The summed E-state index contributed by atoms with van der Waals surface area (Å²) < 4.78 is 0. The third-order valence-electron chi connectivity index (χ3n) is 4.61. The van der Waals surface area contributed by atoms with Crippen LogP contribution in [0.3, 0.4) is 0 Å². The number of carbonyl (C=O) groups is 2. The number of Topliss-reactive ketones (excluding diaryl/α,β-unsaturated/α-hetero) is 1. The van der Waals surface area contributed by atoms with E-state index in [0.29, 0.717) is 17.6 Å². The molecule has 2 unspecified atom stereocenters. The molecule has 0 aromatic rings. The van der Waals surface area contributed by atoms with E-state index < -0.39 is 23.9 Å². The van der Waals surface area contributed by atoms with Crippen LogP contribution in [0.5, 0.6) is 0 Å². The molecule has 0 amide bonds. The molecule has 0 aromatic heterocycles. The van der Waals surface area contributed by atoms with Crippen LogP contribution in [0, 0.1) is 17.3 Å². The quantitative estimate of drug-likeness (QED) is 0.747. The van der Waals surface area contributed by atoms with E-state index in [2.05, 4.69) is 0 Å². The number of aliphatic carboxylic acids is 1. The number of rotatable bonds is 2. The summed E-state index contributed by atoms with van der Waals surface area (Å²) in [5.74, 6) is -2.20. The van der Waals surface area contributed by atoms with Crippen LogP contribution in [0.15, 0.2) is 23.3 Å². The van der Waals surface area contributed by atoms with Crippen molar-refractivity contribution in [3.05, 3.63) is 23.3 Å². The lowest BCUT2D eigenvalue weighted by atomic mass is 9.61. The van der Waals surface area contributed by atoms with Crippen molar-refractivity contribution in [2.24, 2.45) is 17.3 Å². The highest BCUT2D eigenvalue weighted by molar-refractivity contribution is 6.02. The molecule has 0 bridgehead atoms. The van der Waals surface area contributed by atoms with Crippen LogP contribution in [-0.4, -0.2) is 28.1 Å². The summed E-state index contributed by atoms with van der Waals surface area (Å²) in [4.78, 5) is 23.7. The highest BCUT2D eigenvalue weighted by Crippen LogP contribution is 2.47. The molecule has 0 aromatic carbocycles. The van der Waals surface area contributed by atoms with Crippen LogP contribution in [0.4, 0.5) is 0 Å². The first-order chi connectivity index (χ1) is 8.78. The van der Waals surface area contributed by atoms with E-state index in [9.17, 15) is 14.7 Å². The summed E-state index contributed by atoms with van der Waals surface area (Å²) in [6.07, 6.45) is 4.20. The van der Waals surface area contributed by atoms with Crippen LogP contribution in [0.2, 0.25) is 0 Å².